The second-order valence-corrected chi connectivity index (χ2v) is 7.00. The van der Waals surface area contributed by atoms with E-state index in [9.17, 15) is 21.6 Å². The number of piperazine rings is 1. The first kappa shape index (κ1) is 19.2. The summed E-state index contributed by atoms with van der Waals surface area (Å²) in [7, 11) is -3.78. The molecule has 0 aromatic heterocycles. The van der Waals surface area contributed by atoms with E-state index in [1.165, 1.54) is 22.5 Å². The van der Waals surface area contributed by atoms with Gasteiger partial charge in [0, 0.05) is 25.7 Å². The highest BCUT2D eigenvalue weighted by molar-refractivity contribution is 7.88. The fourth-order valence-corrected chi connectivity index (χ4v) is 4.24. The van der Waals surface area contributed by atoms with Crippen LogP contribution in [0.5, 0.6) is 0 Å². The van der Waals surface area contributed by atoms with Crippen molar-refractivity contribution < 1.29 is 21.6 Å². The molecule has 1 saturated heterocycles. The van der Waals surface area contributed by atoms with Crippen LogP contribution in [0, 0.1) is 0 Å². The first-order chi connectivity index (χ1) is 9.72. The quantitative estimate of drug-likeness (QED) is 0.901. The lowest BCUT2D eigenvalue weighted by atomic mass is 10.1. The molecule has 1 aliphatic rings. The van der Waals surface area contributed by atoms with Gasteiger partial charge in [0.1, 0.15) is 0 Å². The van der Waals surface area contributed by atoms with Gasteiger partial charge in [-0.25, -0.2) is 8.42 Å². The Bertz CT molecular complexity index is 608. The van der Waals surface area contributed by atoms with Crippen LogP contribution in [0.15, 0.2) is 24.3 Å². The van der Waals surface area contributed by atoms with Crippen LogP contribution in [0.1, 0.15) is 18.1 Å². The van der Waals surface area contributed by atoms with Crippen molar-refractivity contribution in [2.45, 2.75) is 24.9 Å². The molecule has 0 radical (unpaired) electrons. The molecule has 1 unspecified atom stereocenters. The van der Waals surface area contributed by atoms with E-state index in [0.717, 1.165) is 6.07 Å². The summed E-state index contributed by atoms with van der Waals surface area (Å²) in [5.41, 5.74) is -1.10. The molecule has 126 valence electrons. The van der Waals surface area contributed by atoms with Gasteiger partial charge in [0.05, 0.1) is 11.3 Å². The van der Waals surface area contributed by atoms with Crippen LogP contribution in [-0.2, 0) is 22.0 Å². The Balaban J connectivity index is 0.00000242. The third-order valence-corrected chi connectivity index (χ3v) is 5.39. The number of halogens is 4. The number of alkyl halides is 3. The van der Waals surface area contributed by atoms with E-state index in [0.29, 0.717) is 13.1 Å². The van der Waals surface area contributed by atoms with Gasteiger partial charge in [-0.1, -0.05) is 18.2 Å². The predicted molar refractivity (Wildman–Crippen MR) is 80.4 cm³/mol. The molecule has 1 aromatic carbocycles. The average Bonchev–Trinajstić information content (AvgIpc) is 2.38. The zero-order chi connectivity index (χ0) is 15.7. The van der Waals surface area contributed by atoms with Crippen molar-refractivity contribution in [2.75, 3.05) is 19.6 Å². The standard InChI is InChI=1S/C13H17F3N2O2S.ClH/c1-10-8-17-6-7-18(10)21(19,20)9-11-4-2-3-5-12(11)13(14,15)16;/h2-5,10,17H,6-9H2,1H3;1H. The SMILES string of the molecule is CC1CNCCN1S(=O)(=O)Cc1ccccc1C(F)(F)F.Cl. The van der Waals surface area contributed by atoms with Gasteiger partial charge in [-0.3, -0.25) is 0 Å². The van der Waals surface area contributed by atoms with E-state index in [2.05, 4.69) is 5.32 Å². The number of sulfonamides is 1. The molecular weight excluding hydrogens is 341 g/mol. The minimum Gasteiger partial charge on any atom is -0.314 e. The minimum absolute atomic E-state index is 0. The van der Waals surface area contributed by atoms with Crippen molar-refractivity contribution in [3.8, 4) is 0 Å². The van der Waals surface area contributed by atoms with Crippen LogP contribution in [0.3, 0.4) is 0 Å². The molecule has 0 saturated carbocycles. The van der Waals surface area contributed by atoms with Crippen molar-refractivity contribution in [2.24, 2.45) is 0 Å². The van der Waals surface area contributed by atoms with Crippen LogP contribution in [0.2, 0.25) is 0 Å². The lowest BCUT2D eigenvalue weighted by Gasteiger charge is -2.33. The smallest absolute Gasteiger partial charge is 0.314 e. The van der Waals surface area contributed by atoms with Crippen molar-refractivity contribution in [3.05, 3.63) is 35.4 Å². The van der Waals surface area contributed by atoms with Gasteiger partial charge in [-0.2, -0.15) is 17.5 Å². The molecule has 9 heteroatoms. The summed E-state index contributed by atoms with van der Waals surface area (Å²) >= 11 is 0. The molecule has 4 nitrogen and oxygen atoms in total. The van der Waals surface area contributed by atoms with E-state index in [4.69, 9.17) is 0 Å². The molecule has 22 heavy (non-hydrogen) atoms. The summed E-state index contributed by atoms with van der Waals surface area (Å²) in [6.45, 7) is 3.02. The molecule has 0 bridgehead atoms. The van der Waals surface area contributed by atoms with Crippen molar-refractivity contribution >= 4 is 22.4 Å². The first-order valence-electron chi connectivity index (χ1n) is 6.57. The Morgan fingerprint density at radius 3 is 2.55 bits per heavy atom. The monoisotopic (exact) mass is 358 g/mol. The van der Waals surface area contributed by atoms with Crippen molar-refractivity contribution in [3.63, 3.8) is 0 Å². The van der Waals surface area contributed by atoms with Crippen molar-refractivity contribution in [1.82, 2.24) is 9.62 Å². The van der Waals surface area contributed by atoms with E-state index >= 15 is 0 Å². The van der Waals surface area contributed by atoms with Gasteiger partial charge in [0.2, 0.25) is 10.0 Å². The third-order valence-electron chi connectivity index (χ3n) is 3.46. The third kappa shape index (κ3) is 4.34. The molecule has 1 N–H and O–H groups in total. The lowest BCUT2D eigenvalue weighted by Crippen LogP contribution is -2.52. The molecule has 1 atom stereocenters. The molecule has 1 aromatic rings. The molecule has 0 amide bonds. The molecule has 2 rings (SSSR count). The fraction of sp³-hybridized carbons (Fsp3) is 0.538. The van der Waals surface area contributed by atoms with Crippen LogP contribution in [0.4, 0.5) is 13.2 Å². The zero-order valence-electron chi connectivity index (χ0n) is 11.9. The first-order valence-corrected chi connectivity index (χ1v) is 8.18. The highest BCUT2D eigenvalue weighted by Crippen LogP contribution is 2.33. The van der Waals surface area contributed by atoms with E-state index in [1.807, 2.05) is 0 Å². The summed E-state index contributed by atoms with van der Waals surface area (Å²) in [5, 5.41) is 3.05. The number of hydrogen-bond acceptors (Lipinski definition) is 3. The summed E-state index contributed by atoms with van der Waals surface area (Å²) < 4.78 is 64.8. The molecule has 1 heterocycles. The van der Waals surface area contributed by atoms with E-state index < -0.39 is 27.5 Å². The average molecular weight is 359 g/mol. The fourth-order valence-electron chi connectivity index (χ4n) is 2.44. The molecule has 1 fully saturated rings. The largest absolute Gasteiger partial charge is 0.416 e. The molecule has 1 aliphatic heterocycles. The topological polar surface area (TPSA) is 49.4 Å². The Kier molecular flexibility index (Phi) is 6.26. The summed E-state index contributed by atoms with van der Waals surface area (Å²) in [6.07, 6.45) is -4.55. The maximum Gasteiger partial charge on any atom is 0.416 e. The van der Waals surface area contributed by atoms with Gasteiger partial charge in [-0.05, 0) is 18.6 Å². The predicted octanol–water partition coefficient (Wildman–Crippen LogP) is 2.25. The Hall–Kier alpha value is -0.830. The highest BCUT2D eigenvalue weighted by atomic mass is 35.5. The molecular formula is C13H18ClF3N2O2S. The van der Waals surface area contributed by atoms with Gasteiger partial charge >= 0.3 is 6.18 Å². The van der Waals surface area contributed by atoms with E-state index in [1.54, 1.807) is 6.92 Å². The maximum absolute atomic E-state index is 12.9. The highest BCUT2D eigenvalue weighted by Gasteiger charge is 2.36. The second kappa shape index (κ2) is 7.16. The van der Waals surface area contributed by atoms with Crippen LogP contribution in [0.25, 0.3) is 0 Å². The Morgan fingerprint density at radius 2 is 1.95 bits per heavy atom. The van der Waals surface area contributed by atoms with Gasteiger partial charge < -0.3 is 5.32 Å². The molecule has 0 spiro atoms. The van der Waals surface area contributed by atoms with Gasteiger partial charge in [0.25, 0.3) is 0 Å². The summed E-state index contributed by atoms with van der Waals surface area (Å²) in [4.78, 5) is 0. The molecule has 0 aliphatic carbocycles. The number of nitrogens with zero attached hydrogens (tertiary/aromatic N) is 1. The normalized spacial score (nSPS) is 20.5. The number of rotatable bonds is 3. The maximum atomic E-state index is 12.9. The number of benzene rings is 1. The summed E-state index contributed by atoms with van der Waals surface area (Å²) in [6, 6.07) is 4.54. The van der Waals surface area contributed by atoms with E-state index in [-0.39, 0.29) is 30.6 Å². The van der Waals surface area contributed by atoms with Crippen LogP contribution >= 0.6 is 12.4 Å². The van der Waals surface area contributed by atoms with Crippen molar-refractivity contribution in [1.29, 1.82) is 0 Å². The Labute approximate surface area is 134 Å². The Morgan fingerprint density at radius 1 is 1.32 bits per heavy atom. The lowest BCUT2D eigenvalue weighted by molar-refractivity contribution is -0.138. The number of nitrogens with one attached hydrogen (secondary N) is 1. The zero-order valence-corrected chi connectivity index (χ0v) is 13.6. The summed E-state index contributed by atoms with van der Waals surface area (Å²) in [5.74, 6) is -0.632. The minimum atomic E-state index is -4.55. The van der Waals surface area contributed by atoms with Crippen LogP contribution in [-0.4, -0.2) is 38.4 Å². The van der Waals surface area contributed by atoms with Crippen LogP contribution < -0.4 is 5.32 Å². The number of hydrogen-bond donors (Lipinski definition) is 1. The van der Waals surface area contributed by atoms with Gasteiger partial charge in [-0.15, -0.1) is 12.4 Å². The second-order valence-electron chi connectivity index (χ2n) is 5.07. The van der Waals surface area contributed by atoms with Gasteiger partial charge in [0.15, 0.2) is 0 Å².